The van der Waals surface area contributed by atoms with E-state index in [1.54, 1.807) is 6.20 Å². The van der Waals surface area contributed by atoms with E-state index < -0.39 is 0 Å². The first-order valence-electron chi connectivity index (χ1n) is 4.77. The molecule has 3 N–H and O–H groups in total. The van der Waals surface area contributed by atoms with Gasteiger partial charge >= 0.3 is 0 Å². The number of nitrogens with zero attached hydrogens (tertiary/aromatic N) is 2. The number of nitrogen functional groups attached to an aromatic ring is 1. The van der Waals surface area contributed by atoms with Crippen LogP contribution in [0, 0.1) is 10.5 Å². The molecule has 0 aliphatic carbocycles. The number of hydrogen-bond donors (Lipinski definition) is 2. The van der Waals surface area contributed by atoms with Crippen LogP contribution in [0.2, 0.25) is 0 Å². The standard InChI is InChI=1S/C11H11IN4/c1-7-6-14-11(13)16-10(7)15-9-4-2-3-8(12)5-9/h2-6H,1H3,(H3,13,14,15,16). The smallest absolute Gasteiger partial charge is 0.221 e. The van der Waals surface area contributed by atoms with Gasteiger partial charge in [-0.05, 0) is 47.7 Å². The van der Waals surface area contributed by atoms with Crippen LogP contribution in [0.1, 0.15) is 5.56 Å². The summed E-state index contributed by atoms with van der Waals surface area (Å²) in [5.74, 6) is 1.02. The summed E-state index contributed by atoms with van der Waals surface area (Å²) < 4.78 is 1.17. The molecule has 0 aliphatic rings. The molecule has 82 valence electrons. The zero-order valence-electron chi connectivity index (χ0n) is 8.74. The van der Waals surface area contributed by atoms with Crippen molar-refractivity contribution in [2.75, 3.05) is 11.1 Å². The SMILES string of the molecule is Cc1cnc(N)nc1Nc1cccc(I)c1. The van der Waals surface area contributed by atoms with E-state index in [-0.39, 0.29) is 5.95 Å². The van der Waals surface area contributed by atoms with Gasteiger partial charge in [0.1, 0.15) is 5.82 Å². The predicted octanol–water partition coefficient (Wildman–Crippen LogP) is 2.72. The van der Waals surface area contributed by atoms with E-state index in [1.807, 2.05) is 31.2 Å². The Kier molecular flexibility index (Phi) is 3.23. The molecular formula is C11H11IN4. The summed E-state index contributed by atoms with van der Waals surface area (Å²) >= 11 is 2.27. The fourth-order valence-corrected chi connectivity index (χ4v) is 1.83. The average Bonchev–Trinajstić information content (AvgIpc) is 2.24. The quantitative estimate of drug-likeness (QED) is 0.833. The van der Waals surface area contributed by atoms with E-state index in [0.717, 1.165) is 17.1 Å². The van der Waals surface area contributed by atoms with Crippen molar-refractivity contribution in [3.63, 3.8) is 0 Å². The van der Waals surface area contributed by atoms with Crippen LogP contribution < -0.4 is 11.1 Å². The molecule has 0 spiro atoms. The van der Waals surface area contributed by atoms with Crippen molar-refractivity contribution < 1.29 is 0 Å². The molecule has 5 heteroatoms. The maximum absolute atomic E-state index is 5.55. The maximum atomic E-state index is 5.55. The molecule has 0 atom stereocenters. The van der Waals surface area contributed by atoms with E-state index in [0.29, 0.717) is 0 Å². The lowest BCUT2D eigenvalue weighted by atomic mass is 10.3. The Morgan fingerprint density at radius 2 is 2.19 bits per heavy atom. The van der Waals surface area contributed by atoms with Gasteiger partial charge in [-0.15, -0.1) is 0 Å². The highest BCUT2D eigenvalue weighted by Gasteiger charge is 2.02. The maximum Gasteiger partial charge on any atom is 0.221 e. The van der Waals surface area contributed by atoms with Gasteiger partial charge in [0.25, 0.3) is 0 Å². The van der Waals surface area contributed by atoms with Crippen molar-refractivity contribution in [1.82, 2.24) is 9.97 Å². The van der Waals surface area contributed by atoms with Crippen molar-refractivity contribution in [2.24, 2.45) is 0 Å². The highest BCUT2D eigenvalue weighted by atomic mass is 127. The van der Waals surface area contributed by atoms with Crippen LogP contribution in [0.4, 0.5) is 17.5 Å². The van der Waals surface area contributed by atoms with Crippen molar-refractivity contribution in [3.05, 3.63) is 39.6 Å². The van der Waals surface area contributed by atoms with Crippen LogP contribution in [-0.4, -0.2) is 9.97 Å². The number of nitrogens with two attached hydrogens (primary N) is 1. The van der Waals surface area contributed by atoms with Crippen LogP contribution in [0.5, 0.6) is 0 Å². The van der Waals surface area contributed by atoms with Crippen molar-refractivity contribution >= 4 is 40.0 Å². The lowest BCUT2D eigenvalue weighted by Crippen LogP contribution is -2.01. The fourth-order valence-electron chi connectivity index (χ4n) is 1.29. The van der Waals surface area contributed by atoms with Crippen molar-refractivity contribution in [3.8, 4) is 0 Å². The predicted molar refractivity (Wildman–Crippen MR) is 73.6 cm³/mol. The van der Waals surface area contributed by atoms with Gasteiger partial charge in [-0.1, -0.05) is 6.07 Å². The lowest BCUT2D eigenvalue weighted by molar-refractivity contribution is 1.15. The van der Waals surface area contributed by atoms with Gasteiger partial charge < -0.3 is 11.1 Å². The minimum Gasteiger partial charge on any atom is -0.368 e. The van der Waals surface area contributed by atoms with E-state index >= 15 is 0 Å². The molecule has 1 aromatic carbocycles. The Hall–Kier alpha value is -1.37. The fraction of sp³-hybridized carbons (Fsp3) is 0.0909. The second-order valence-corrected chi connectivity index (χ2v) is 4.64. The first-order chi connectivity index (χ1) is 7.65. The summed E-state index contributed by atoms with van der Waals surface area (Å²) in [5, 5.41) is 3.22. The zero-order chi connectivity index (χ0) is 11.5. The van der Waals surface area contributed by atoms with Gasteiger partial charge in [-0.3, -0.25) is 0 Å². The van der Waals surface area contributed by atoms with E-state index in [1.165, 1.54) is 3.57 Å². The average molecular weight is 326 g/mol. The zero-order valence-corrected chi connectivity index (χ0v) is 10.9. The number of aryl methyl sites for hydroxylation is 1. The molecule has 1 aromatic heterocycles. The van der Waals surface area contributed by atoms with Gasteiger partial charge in [0.2, 0.25) is 5.95 Å². The van der Waals surface area contributed by atoms with Crippen molar-refractivity contribution in [2.45, 2.75) is 6.92 Å². The molecular weight excluding hydrogens is 315 g/mol. The highest BCUT2D eigenvalue weighted by molar-refractivity contribution is 14.1. The molecule has 0 saturated carbocycles. The second-order valence-electron chi connectivity index (χ2n) is 3.40. The van der Waals surface area contributed by atoms with Crippen LogP contribution in [0.25, 0.3) is 0 Å². The van der Waals surface area contributed by atoms with Crippen LogP contribution >= 0.6 is 22.6 Å². The number of hydrogen-bond acceptors (Lipinski definition) is 4. The van der Waals surface area contributed by atoms with Crippen LogP contribution in [-0.2, 0) is 0 Å². The summed E-state index contributed by atoms with van der Waals surface area (Å²) in [6.07, 6.45) is 1.71. The van der Waals surface area contributed by atoms with Gasteiger partial charge in [0.05, 0.1) is 0 Å². The summed E-state index contributed by atoms with van der Waals surface area (Å²) in [6, 6.07) is 8.05. The molecule has 0 fully saturated rings. The highest BCUT2D eigenvalue weighted by Crippen LogP contribution is 2.19. The third kappa shape index (κ3) is 2.60. The molecule has 2 aromatic rings. The van der Waals surface area contributed by atoms with Gasteiger partial charge in [0.15, 0.2) is 0 Å². The summed E-state index contributed by atoms with van der Waals surface area (Å²) in [4.78, 5) is 8.07. The first-order valence-corrected chi connectivity index (χ1v) is 5.85. The molecule has 16 heavy (non-hydrogen) atoms. The third-order valence-corrected chi connectivity index (χ3v) is 2.75. The summed E-state index contributed by atoms with van der Waals surface area (Å²) in [7, 11) is 0. The molecule has 0 saturated heterocycles. The van der Waals surface area contributed by atoms with Gasteiger partial charge in [-0.25, -0.2) is 4.98 Å². The number of aromatic nitrogens is 2. The minimum absolute atomic E-state index is 0.277. The van der Waals surface area contributed by atoms with Gasteiger partial charge in [-0.2, -0.15) is 4.98 Å². The van der Waals surface area contributed by atoms with Gasteiger partial charge in [0, 0.05) is 21.0 Å². The number of anilines is 3. The summed E-state index contributed by atoms with van der Waals surface area (Å²) in [5.41, 5.74) is 7.51. The molecule has 0 aliphatic heterocycles. The molecule has 0 unspecified atom stereocenters. The van der Waals surface area contributed by atoms with Crippen LogP contribution in [0.3, 0.4) is 0 Å². The Morgan fingerprint density at radius 1 is 1.38 bits per heavy atom. The Balaban J connectivity index is 2.30. The molecule has 0 amide bonds. The van der Waals surface area contributed by atoms with E-state index in [2.05, 4.69) is 37.9 Å². The monoisotopic (exact) mass is 326 g/mol. The Bertz CT molecular complexity index is 513. The van der Waals surface area contributed by atoms with Crippen molar-refractivity contribution in [1.29, 1.82) is 0 Å². The summed E-state index contributed by atoms with van der Waals surface area (Å²) in [6.45, 7) is 1.94. The number of benzene rings is 1. The normalized spacial score (nSPS) is 10.1. The van der Waals surface area contributed by atoms with E-state index in [4.69, 9.17) is 5.73 Å². The molecule has 4 nitrogen and oxygen atoms in total. The molecule has 0 radical (unpaired) electrons. The Labute approximate surface area is 107 Å². The third-order valence-electron chi connectivity index (χ3n) is 2.08. The Morgan fingerprint density at radius 3 is 2.94 bits per heavy atom. The number of nitrogens with one attached hydrogen (secondary N) is 1. The molecule has 1 heterocycles. The van der Waals surface area contributed by atoms with E-state index in [9.17, 15) is 0 Å². The number of rotatable bonds is 2. The topological polar surface area (TPSA) is 63.8 Å². The second kappa shape index (κ2) is 4.65. The lowest BCUT2D eigenvalue weighted by Gasteiger charge is -2.08. The largest absolute Gasteiger partial charge is 0.368 e. The number of halogens is 1. The minimum atomic E-state index is 0.277. The molecule has 2 rings (SSSR count). The van der Waals surface area contributed by atoms with Crippen LogP contribution in [0.15, 0.2) is 30.5 Å². The first kappa shape index (κ1) is 11.1. The molecule has 0 bridgehead atoms.